The zero-order valence-electron chi connectivity index (χ0n) is 16.1. The first-order chi connectivity index (χ1) is 13.2. The van der Waals surface area contributed by atoms with Gasteiger partial charge in [-0.2, -0.15) is 10.2 Å². The Morgan fingerprint density at radius 3 is 2.93 bits per heavy atom. The summed E-state index contributed by atoms with van der Waals surface area (Å²) in [6.45, 7) is 7.94. The molecule has 9 heteroatoms. The Hall–Kier alpha value is -2.65. The molecular weight excluding hydrogens is 346 g/mol. The first-order valence-electron chi connectivity index (χ1n) is 9.15. The van der Waals surface area contributed by atoms with E-state index >= 15 is 0 Å². The van der Waals surface area contributed by atoms with Crippen molar-refractivity contribution in [2.75, 3.05) is 20.3 Å². The van der Waals surface area contributed by atoms with E-state index in [1.165, 1.54) is 0 Å². The lowest BCUT2D eigenvalue weighted by Gasteiger charge is -2.22. The maximum atomic E-state index is 11.5. The molecule has 0 spiro atoms. The number of carbonyl (C=O) groups excluding carboxylic acids is 1. The minimum atomic E-state index is 0.365. The topological polar surface area (TPSA) is 102 Å². The second-order valence-corrected chi connectivity index (χ2v) is 6.26. The van der Waals surface area contributed by atoms with Crippen molar-refractivity contribution < 1.29 is 9.53 Å². The minimum Gasteiger partial charge on any atom is -0.380 e. The van der Waals surface area contributed by atoms with E-state index in [0.717, 1.165) is 36.9 Å². The number of likely N-dealkylation sites (N-methyl/N-ethyl adjacent to an activating group) is 1. The molecule has 0 saturated carbocycles. The van der Waals surface area contributed by atoms with Gasteiger partial charge in [0, 0.05) is 31.0 Å². The summed E-state index contributed by atoms with van der Waals surface area (Å²) in [5, 5.41) is 12.0. The van der Waals surface area contributed by atoms with Crippen LogP contribution in [0, 0.1) is 6.92 Å². The van der Waals surface area contributed by atoms with Crippen LogP contribution >= 0.6 is 0 Å². The Balaban J connectivity index is 0.00000102. The zero-order valence-corrected chi connectivity index (χ0v) is 16.1. The average molecular weight is 371 g/mol. The van der Waals surface area contributed by atoms with Crippen molar-refractivity contribution in [3.05, 3.63) is 29.5 Å². The van der Waals surface area contributed by atoms with Gasteiger partial charge in [0.05, 0.1) is 18.2 Å². The van der Waals surface area contributed by atoms with Gasteiger partial charge in [0.1, 0.15) is 11.5 Å². The summed E-state index contributed by atoms with van der Waals surface area (Å²) in [6.07, 6.45) is 5.30. The van der Waals surface area contributed by atoms with Crippen LogP contribution in [0.3, 0.4) is 0 Å². The SMILES string of the molecule is CC.Cc1nc(-n2cc(CN(C)C3CCOC3)c(C=O)n2)c2cn[nH]c2n1. The molecule has 27 heavy (non-hydrogen) atoms. The average Bonchev–Trinajstić information content (AvgIpc) is 3.42. The summed E-state index contributed by atoms with van der Waals surface area (Å²) in [7, 11) is 2.04. The Kier molecular flexibility index (Phi) is 5.92. The fraction of sp³-hybridized carbons (Fsp3) is 0.500. The number of rotatable bonds is 5. The summed E-state index contributed by atoms with van der Waals surface area (Å²) in [5.74, 6) is 1.22. The van der Waals surface area contributed by atoms with E-state index in [-0.39, 0.29) is 0 Å². The molecule has 144 valence electrons. The van der Waals surface area contributed by atoms with Crippen LogP contribution in [0.25, 0.3) is 16.9 Å². The van der Waals surface area contributed by atoms with Gasteiger partial charge in [-0.15, -0.1) is 0 Å². The van der Waals surface area contributed by atoms with E-state index < -0.39 is 0 Å². The maximum absolute atomic E-state index is 11.5. The molecule has 3 aromatic rings. The predicted octanol–water partition coefficient (Wildman–Crippen LogP) is 1.91. The molecule has 0 bridgehead atoms. The highest BCUT2D eigenvalue weighted by molar-refractivity contribution is 5.82. The fourth-order valence-electron chi connectivity index (χ4n) is 3.12. The molecule has 1 unspecified atom stereocenters. The number of nitrogens with one attached hydrogen (secondary N) is 1. The molecule has 9 nitrogen and oxygen atoms in total. The number of H-pyrrole nitrogens is 1. The van der Waals surface area contributed by atoms with Crippen LogP contribution in [0.5, 0.6) is 0 Å². The van der Waals surface area contributed by atoms with Crippen LogP contribution < -0.4 is 0 Å². The summed E-state index contributed by atoms with van der Waals surface area (Å²) < 4.78 is 7.07. The van der Waals surface area contributed by atoms with Gasteiger partial charge in [0.2, 0.25) is 0 Å². The molecule has 0 amide bonds. The van der Waals surface area contributed by atoms with E-state index in [1.807, 2.05) is 34.0 Å². The lowest BCUT2D eigenvalue weighted by atomic mass is 10.2. The van der Waals surface area contributed by atoms with E-state index in [4.69, 9.17) is 4.74 Å². The van der Waals surface area contributed by atoms with Crippen molar-refractivity contribution in [3.63, 3.8) is 0 Å². The number of hydrogen-bond acceptors (Lipinski definition) is 7. The first kappa shape index (κ1) is 19.1. The summed E-state index contributed by atoms with van der Waals surface area (Å²) in [6, 6.07) is 0.365. The van der Waals surface area contributed by atoms with Crippen LogP contribution in [0.2, 0.25) is 0 Å². The lowest BCUT2D eigenvalue weighted by molar-refractivity contribution is 0.111. The van der Waals surface area contributed by atoms with E-state index in [1.54, 1.807) is 10.9 Å². The third-order valence-electron chi connectivity index (χ3n) is 4.50. The van der Waals surface area contributed by atoms with E-state index in [0.29, 0.717) is 35.6 Å². The minimum absolute atomic E-state index is 0.365. The number of ether oxygens (including phenoxy) is 1. The van der Waals surface area contributed by atoms with Crippen molar-refractivity contribution >= 4 is 17.3 Å². The molecule has 1 saturated heterocycles. The Morgan fingerprint density at radius 2 is 2.22 bits per heavy atom. The van der Waals surface area contributed by atoms with Gasteiger partial charge in [-0.3, -0.25) is 14.8 Å². The lowest BCUT2D eigenvalue weighted by Crippen LogP contribution is -2.31. The first-order valence-corrected chi connectivity index (χ1v) is 9.15. The smallest absolute Gasteiger partial charge is 0.170 e. The van der Waals surface area contributed by atoms with Crippen LogP contribution in [0.15, 0.2) is 12.4 Å². The standard InChI is InChI=1S/C16H19N7O2.C2H6/c1-10-18-15-13(5-17-20-15)16(19-10)23-7-11(14(8-24)21-23)6-22(2)12-3-4-25-9-12;1-2/h5,7-8,12H,3-4,6,9H2,1-2H3,(H,17,18,19,20);1-2H3. The number of hydrogen-bond donors (Lipinski definition) is 1. The molecule has 4 rings (SSSR count). The normalized spacial score (nSPS) is 16.6. The summed E-state index contributed by atoms with van der Waals surface area (Å²) >= 11 is 0. The number of aldehydes is 1. The number of nitrogens with zero attached hydrogens (tertiary/aromatic N) is 6. The van der Waals surface area contributed by atoms with Crippen molar-refractivity contribution in [2.24, 2.45) is 0 Å². The Labute approximate surface area is 157 Å². The molecule has 1 N–H and O–H groups in total. The summed E-state index contributed by atoms with van der Waals surface area (Å²) in [4.78, 5) is 22.5. The fourth-order valence-corrected chi connectivity index (χ4v) is 3.12. The highest BCUT2D eigenvalue weighted by atomic mass is 16.5. The Bertz CT molecular complexity index is 912. The number of fused-ring (bicyclic) bond motifs is 1. The molecule has 1 atom stereocenters. The van der Waals surface area contributed by atoms with Crippen LogP contribution in [0.4, 0.5) is 0 Å². The second-order valence-electron chi connectivity index (χ2n) is 6.26. The van der Waals surface area contributed by atoms with Crippen molar-refractivity contribution in [2.45, 2.75) is 39.8 Å². The van der Waals surface area contributed by atoms with Crippen LogP contribution in [0.1, 0.15) is 42.1 Å². The number of aromatic amines is 1. The third-order valence-corrected chi connectivity index (χ3v) is 4.50. The Morgan fingerprint density at radius 1 is 1.41 bits per heavy atom. The van der Waals surface area contributed by atoms with Crippen molar-refractivity contribution in [1.82, 2.24) is 34.8 Å². The van der Waals surface area contributed by atoms with Gasteiger partial charge >= 0.3 is 0 Å². The number of aromatic nitrogens is 6. The molecular formula is C18H25N7O2. The predicted molar refractivity (Wildman–Crippen MR) is 101 cm³/mol. The molecule has 3 aromatic heterocycles. The highest BCUT2D eigenvalue weighted by Crippen LogP contribution is 2.20. The van der Waals surface area contributed by atoms with E-state index in [9.17, 15) is 4.79 Å². The molecule has 1 aliphatic rings. The quantitative estimate of drug-likeness (QED) is 0.684. The van der Waals surface area contributed by atoms with Crippen LogP contribution in [-0.4, -0.2) is 67.4 Å². The van der Waals surface area contributed by atoms with Gasteiger partial charge in [-0.25, -0.2) is 14.6 Å². The van der Waals surface area contributed by atoms with Crippen molar-refractivity contribution in [1.29, 1.82) is 0 Å². The number of carbonyl (C=O) groups is 1. The largest absolute Gasteiger partial charge is 0.380 e. The summed E-state index contributed by atoms with van der Waals surface area (Å²) in [5.41, 5.74) is 1.92. The molecule has 1 fully saturated rings. The van der Waals surface area contributed by atoms with Gasteiger partial charge < -0.3 is 4.74 Å². The second kappa shape index (κ2) is 8.36. The van der Waals surface area contributed by atoms with Gasteiger partial charge in [0.25, 0.3) is 0 Å². The number of aryl methyl sites for hydroxylation is 1. The van der Waals surface area contributed by atoms with E-state index in [2.05, 4.69) is 30.2 Å². The van der Waals surface area contributed by atoms with Crippen molar-refractivity contribution in [3.8, 4) is 5.82 Å². The highest BCUT2D eigenvalue weighted by Gasteiger charge is 2.22. The molecule has 0 aromatic carbocycles. The molecule has 4 heterocycles. The monoisotopic (exact) mass is 371 g/mol. The third kappa shape index (κ3) is 3.88. The molecule has 0 radical (unpaired) electrons. The van der Waals surface area contributed by atoms with Gasteiger partial charge in [-0.1, -0.05) is 13.8 Å². The molecule has 1 aliphatic heterocycles. The molecule has 0 aliphatic carbocycles. The zero-order chi connectivity index (χ0) is 19.4. The van der Waals surface area contributed by atoms with Crippen LogP contribution in [-0.2, 0) is 11.3 Å². The maximum Gasteiger partial charge on any atom is 0.170 e. The van der Waals surface area contributed by atoms with Gasteiger partial charge in [-0.05, 0) is 20.4 Å². The van der Waals surface area contributed by atoms with Gasteiger partial charge in [0.15, 0.2) is 17.8 Å².